The lowest BCUT2D eigenvalue weighted by Crippen LogP contribution is -2.41. The summed E-state index contributed by atoms with van der Waals surface area (Å²) in [6, 6.07) is 4.97. The number of carboxylic acid groups (broad SMARTS) is 1. The first-order valence-electron chi connectivity index (χ1n) is 6.68. The molecule has 1 heterocycles. The van der Waals surface area contributed by atoms with Crippen LogP contribution in [0.15, 0.2) is 18.2 Å². The van der Waals surface area contributed by atoms with Gasteiger partial charge in [-0.3, -0.25) is 4.79 Å². The second-order valence-corrected chi connectivity index (χ2v) is 5.08. The van der Waals surface area contributed by atoms with Gasteiger partial charge in [0, 0.05) is 12.1 Å². The first-order valence-corrected chi connectivity index (χ1v) is 6.68. The lowest BCUT2D eigenvalue weighted by atomic mass is 10.1. The van der Waals surface area contributed by atoms with Crippen LogP contribution < -0.4 is 4.74 Å². The highest BCUT2D eigenvalue weighted by molar-refractivity contribution is 5.86. The number of nitrogens with zero attached hydrogens (tertiary/aromatic N) is 1. The number of hydrogen-bond donors (Lipinski definition) is 1. The molecule has 1 atom stereocenters. The van der Waals surface area contributed by atoms with Gasteiger partial charge in [-0.05, 0) is 25.8 Å². The van der Waals surface area contributed by atoms with Crippen LogP contribution in [0, 0.1) is 6.92 Å². The van der Waals surface area contributed by atoms with E-state index in [0.717, 1.165) is 17.5 Å². The van der Waals surface area contributed by atoms with Crippen molar-refractivity contribution in [2.75, 3.05) is 13.7 Å². The van der Waals surface area contributed by atoms with Crippen molar-refractivity contribution >= 4 is 11.9 Å². The summed E-state index contributed by atoms with van der Waals surface area (Å²) in [7, 11) is 1.56. The maximum Gasteiger partial charge on any atom is 0.326 e. The molecular formula is C15H19NO4. The predicted molar refractivity (Wildman–Crippen MR) is 73.8 cm³/mol. The van der Waals surface area contributed by atoms with Crippen LogP contribution in [0.5, 0.6) is 5.75 Å². The third kappa shape index (κ3) is 2.92. The summed E-state index contributed by atoms with van der Waals surface area (Å²) in [4.78, 5) is 24.9. The van der Waals surface area contributed by atoms with E-state index < -0.39 is 12.0 Å². The number of hydrogen-bond acceptors (Lipinski definition) is 3. The van der Waals surface area contributed by atoms with Crippen LogP contribution in [0.25, 0.3) is 0 Å². The van der Waals surface area contributed by atoms with Crippen LogP contribution in [-0.2, 0) is 16.0 Å². The average Bonchev–Trinajstić information content (AvgIpc) is 2.88. The Balaban J connectivity index is 2.15. The molecule has 2 rings (SSSR count). The molecule has 1 amide bonds. The number of rotatable bonds is 4. The van der Waals surface area contributed by atoms with E-state index in [9.17, 15) is 9.59 Å². The second-order valence-electron chi connectivity index (χ2n) is 5.08. The summed E-state index contributed by atoms with van der Waals surface area (Å²) in [5.41, 5.74) is 1.85. The summed E-state index contributed by atoms with van der Waals surface area (Å²) < 4.78 is 5.25. The third-order valence-electron chi connectivity index (χ3n) is 3.64. The molecule has 0 spiro atoms. The smallest absolute Gasteiger partial charge is 0.326 e. The fourth-order valence-electron chi connectivity index (χ4n) is 2.63. The molecule has 0 radical (unpaired) electrons. The van der Waals surface area contributed by atoms with Gasteiger partial charge in [-0.2, -0.15) is 0 Å². The van der Waals surface area contributed by atoms with Gasteiger partial charge >= 0.3 is 5.97 Å². The summed E-state index contributed by atoms with van der Waals surface area (Å²) in [6.07, 6.45) is 1.45. The molecule has 108 valence electrons. The molecule has 1 fully saturated rings. The lowest BCUT2D eigenvalue weighted by molar-refractivity contribution is -0.148. The van der Waals surface area contributed by atoms with Crippen LogP contribution in [0.2, 0.25) is 0 Å². The molecule has 0 unspecified atom stereocenters. The Morgan fingerprint density at radius 1 is 1.45 bits per heavy atom. The maximum absolute atomic E-state index is 12.3. The fraction of sp³-hybridized carbons (Fsp3) is 0.467. The highest BCUT2D eigenvalue weighted by Gasteiger charge is 2.33. The zero-order valence-electron chi connectivity index (χ0n) is 11.8. The average molecular weight is 277 g/mol. The van der Waals surface area contributed by atoms with Crippen LogP contribution >= 0.6 is 0 Å². The second kappa shape index (κ2) is 5.94. The zero-order valence-corrected chi connectivity index (χ0v) is 11.8. The minimum absolute atomic E-state index is 0.154. The van der Waals surface area contributed by atoms with Crippen molar-refractivity contribution in [3.63, 3.8) is 0 Å². The van der Waals surface area contributed by atoms with Crippen molar-refractivity contribution in [2.45, 2.75) is 32.2 Å². The van der Waals surface area contributed by atoms with Gasteiger partial charge < -0.3 is 14.7 Å². The van der Waals surface area contributed by atoms with Crippen LogP contribution in [0.1, 0.15) is 24.0 Å². The highest BCUT2D eigenvalue weighted by Crippen LogP contribution is 2.23. The molecule has 1 saturated heterocycles. The predicted octanol–water partition coefficient (Wildman–Crippen LogP) is 1.62. The lowest BCUT2D eigenvalue weighted by Gasteiger charge is -2.22. The first kappa shape index (κ1) is 14.4. The molecule has 1 aromatic carbocycles. The number of ether oxygens (including phenoxy) is 1. The molecule has 1 aliphatic rings. The van der Waals surface area contributed by atoms with E-state index in [4.69, 9.17) is 9.84 Å². The van der Waals surface area contributed by atoms with Crippen LogP contribution in [0.4, 0.5) is 0 Å². The van der Waals surface area contributed by atoms with Crippen molar-refractivity contribution < 1.29 is 19.4 Å². The van der Waals surface area contributed by atoms with Crippen molar-refractivity contribution in [1.82, 2.24) is 4.90 Å². The standard InChI is InChI=1S/C15H19NO4/c1-10-5-6-13(20-2)11(8-10)9-14(17)16-7-3-4-12(16)15(18)19/h5-6,8,12H,3-4,7,9H2,1-2H3,(H,18,19)/t12-/m0/s1. The molecule has 0 aromatic heterocycles. The molecule has 5 heteroatoms. The van der Waals surface area contributed by atoms with E-state index in [1.165, 1.54) is 4.90 Å². The zero-order chi connectivity index (χ0) is 14.7. The summed E-state index contributed by atoms with van der Waals surface area (Å²) in [5.74, 6) is -0.416. The van der Waals surface area contributed by atoms with Gasteiger partial charge in [0.15, 0.2) is 0 Å². The largest absolute Gasteiger partial charge is 0.496 e. The van der Waals surface area contributed by atoms with E-state index in [1.54, 1.807) is 7.11 Å². The molecule has 0 saturated carbocycles. The summed E-state index contributed by atoms with van der Waals surface area (Å²) in [5, 5.41) is 9.12. The quantitative estimate of drug-likeness (QED) is 0.908. The van der Waals surface area contributed by atoms with E-state index in [0.29, 0.717) is 18.7 Å². The van der Waals surface area contributed by atoms with Crippen LogP contribution in [-0.4, -0.2) is 41.6 Å². The number of likely N-dealkylation sites (tertiary alicyclic amines) is 1. The van der Waals surface area contributed by atoms with Gasteiger partial charge in [0.05, 0.1) is 13.5 Å². The Labute approximate surface area is 118 Å². The maximum atomic E-state index is 12.3. The summed E-state index contributed by atoms with van der Waals surface area (Å²) in [6.45, 7) is 2.47. The first-order chi connectivity index (χ1) is 9.52. The minimum atomic E-state index is -0.924. The Hall–Kier alpha value is -2.04. The Morgan fingerprint density at radius 2 is 2.20 bits per heavy atom. The Morgan fingerprint density at radius 3 is 2.85 bits per heavy atom. The fourth-order valence-corrected chi connectivity index (χ4v) is 2.63. The van der Waals surface area contributed by atoms with Gasteiger partial charge in [-0.15, -0.1) is 0 Å². The Bertz CT molecular complexity index is 527. The number of aryl methyl sites for hydroxylation is 1. The van der Waals surface area contributed by atoms with Gasteiger partial charge in [-0.1, -0.05) is 17.7 Å². The van der Waals surface area contributed by atoms with Crippen molar-refractivity contribution in [3.8, 4) is 5.75 Å². The minimum Gasteiger partial charge on any atom is -0.496 e. The highest BCUT2D eigenvalue weighted by atomic mass is 16.5. The summed E-state index contributed by atoms with van der Waals surface area (Å²) >= 11 is 0. The van der Waals surface area contributed by atoms with Crippen molar-refractivity contribution in [1.29, 1.82) is 0 Å². The SMILES string of the molecule is COc1ccc(C)cc1CC(=O)N1CCC[C@H]1C(=O)O. The molecule has 1 N–H and O–H groups in total. The van der Waals surface area contributed by atoms with Crippen molar-refractivity contribution in [3.05, 3.63) is 29.3 Å². The molecule has 1 aliphatic heterocycles. The number of carboxylic acids is 1. The number of methoxy groups -OCH3 is 1. The van der Waals surface area contributed by atoms with Gasteiger partial charge in [-0.25, -0.2) is 4.79 Å². The third-order valence-corrected chi connectivity index (χ3v) is 3.64. The number of aliphatic carboxylic acids is 1. The van der Waals surface area contributed by atoms with Gasteiger partial charge in [0.2, 0.25) is 5.91 Å². The monoisotopic (exact) mass is 277 g/mol. The van der Waals surface area contributed by atoms with E-state index in [1.807, 2.05) is 25.1 Å². The van der Waals surface area contributed by atoms with E-state index >= 15 is 0 Å². The molecule has 0 aliphatic carbocycles. The molecule has 0 bridgehead atoms. The topological polar surface area (TPSA) is 66.8 Å². The van der Waals surface area contributed by atoms with Gasteiger partial charge in [0.25, 0.3) is 0 Å². The molecule has 5 nitrogen and oxygen atoms in total. The number of amides is 1. The molecule has 20 heavy (non-hydrogen) atoms. The van der Waals surface area contributed by atoms with Gasteiger partial charge in [0.1, 0.15) is 11.8 Å². The van der Waals surface area contributed by atoms with E-state index in [-0.39, 0.29) is 12.3 Å². The van der Waals surface area contributed by atoms with Crippen molar-refractivity contribution in [2.24, 2.45) is 0 Å². The number of benzene rings is 1. The van der Waals surface area contributed by atoms with Crippen LogP contribution in [0.3, 0.4) is 0 Å². The Kier molecular flexibility index (Phi) is 4.27. The number of carbonyl (C=O) groups excluding carboxylic acids is 1. The normalized spacial score (nSPS) is 18.1. The molecule has 1 aromatic rings. The number of carbonyl (C=O) groups is 2. The molecular weight excluding hydrogens is 258 g/mol. The van der Waals surface area contributed by atoms with E-state index in [2.05, 4.69) is 0 Å².